The number of rotatable bonds is 4. The lowest BCUT2D eigenvalue weighted by molar-refractivity contribution is -0.139. The minimum absolute atomic E-state index is 0.0276. The van der Waals surface area contributed by atoms with Crippen LogP contribution in [0.5, 0.6) is 5.75 Å². The van der Waals surface area contributed by atoms with Crippen molar-refractivity contribution in [3.8, 4) is 5.75 Å². The number of nitrogens with zero attached hydrogens (tertiary/aromatic N) is 2. The van der Waals surface area contributed by atoms with Crippen molar-refractivity contribution in [2.45, 2.75) is 26.2 Å². The Morgan fingerprint density at radius 1 is 1.00 bits per heavy atom. The van der Waals surface area contributed by atoms with Crippen LogP contribution in [0.2, 0.25) is 10.0 Å². The van der Waals surface area contributed by atoms with E-state index in [1.165, 1.54) is 15.9 Å². The molecule has 0 saturated carbocycles. The Morgan fingerprint density at radius 3 is 2.54 bits per heavy atom. The number of anilines is 2. The van der Waals surface area contributed by atoms with Crippen molar-refractivity contribution in [2.24, 2.45) is 17.8 Å². The molecular formula is C26H22Cl2N2O5. The van der Waals surface area contributed by atoms with E-state index in [1.54, 1.807) is 36.4 Å². The number of hydrogen-bond acceptors (Lipinski definition) is 5. The van der Waals surface area contributed by atoms with E-state index >= 15 is 0 Å². The Labute approximate surface area is 212 Å². The highest BCUT2D eigenvalue weighted by atomic mass is 35.5. The quantitative estimate of drug-likeness (QED) is 0.254. The van der Waals surface area contributed by atoms with Crippen LogP contribution < -0.4 is 14.5 Å². The summed E-state index contributed by atoms with van der Waals surface area (Å²) in [7, 11) is 0. The maximum Gasteiger partial charge on any atom is 0.316 e. The predicted octanol–water partition coefficient (Wildman–Crippen LogP) is 4.80. The van der Waals surface area contributed by atoms with E-state index in [0.717, 1.165) is 5.57 Å². The Morgan fingerprint density at radius 2 is 1.74 bits per heavy atom. The molecule has 2 saturated heterocycles. The van der Waals surface area contributed by atoms with Gasteiger partial charge in [-0.2, -0.15) is 0 Å². The normalized spacial score (nSPS) is 24.0. The van der Waals surface area contributed by atoms with Crippen molar-refractivity contribution >= 4 is 58.3 Å². The third-order valence-electron chi connectivity index (χ3n) is 6.80. The van der Waals surface area contributed by atoms with Gasteiger partial charge in [-0.05, 0) is 44.0 Å². The molecule has 0 bridgehead atoms. The van der Waals surface area contributed by atoms with E-state index in [2.05, 4.69) is 0 Å². The average Bonchev–Trinajstić information content (AvgIpc) is 3.33. The van der Waals surface area contributed by atoms with E-state index < -0.39 is 11.9 Å². The molecule has 0 aromatic heterocycles. The number of carbonyl (C=O) groups is 4. The SMILES string of the molecule is CC1=CC[C@@H]2C(=O)N(c3cccc(OC(=O)[C@@H]4CC(=O)N(c5cccc(Cl)c5Cl)C4)c3)C(=O)[C@@H]2C1. The third-order valence-corrected chi connectivity index (χ3v) is 7.61. The highest BCUT2D eigenvalue weighted by molar-refractivity contribution is 6.44. The third kappa shape index (κ3) is 4.23. The van der Waals surface area contributed by atoms with Crippen LogP contribution >= 0.6 is 23.2 Å². The van der Waals surface area contributed by atoms with Gasteiger partial charge in [-0.15, -0.1) is 0 Å². The fraction of sp³-hybridized carbons (Fsp3) is 0.308. The summed E-state index contributed by atoms with van der Waals surface area (Å²) in [5.74, 6) is -2.52. The summed E-state index contributed by atoms with van der Waals surface area (Å²) in [6.07, 6.45) is 3.11. The number of halogens is 2. The first-order chi connectivity index (χ1) is 16.7. The average molecular weight is 513 g/mol. The zero-order valence-corrected chi connectivity index (χ0v) is 20.4. The van der Waals surface area contributed by atoms with Crippen LogP contribution in [0, 0.1) is 17.8 Å². The van der Waals surface area contributed by atoms with Crippen LogP contribution in [0.25, 0.3) is 0 Å². The Bertz CT molecular complexity index is 1290. The monoisotopic (exact) mass is 512 g/mol. The van der Waals surface area contributed by atoms with Gasteiger partial charge >= 0.3 is 5.97 Å². The molecule has 3 amide bonds. The lowest BCUT2D eigenvalue weighted by Gasteiger charge is -2.19. The maximum atomic E-state index is 13.0. The highest BCUT2D eigenvalue weighted by Gasteiger charge is 2.48. The lowest BCUT2D eigenvalue weighted by Crippen LogP contribution is -2.31. The molecule has 7 nitrogen and oxygen atoms in total. The molecule has 2 aliphatic heterocycles. The lowest BCUT2D eigenvalue weighted by atomic mass is 9.82. The van der Waals surface area contributed by atoms with E-state index in [1.807, 2.05) is 13.0 Å². The summed E-state index contributed by atoms with van der Waals surface area (Å²) >= 11 is 12.3. The summed E-state index contributed by atoms with van der Waals surface area (Å²) in [5.41, 5.74) is 1.92. The van der Waals surface area contributed by atoms with Crippen LogP contribution in [0.3, 0.4) is 0 Å². The smallest absolute Gasteiger partial charge is 0.316 e. The second kappa shape index (κ2) is 9.13. The fourth-order valence-electron chi connectivity index (χ4n) is 4.98. The van der Waals surface area contributed by atoms with Crippen LogP contribution in [-0.2, 0) is 19.2 Å². The zero-order valence-electron chi connectivity index (χ0n) is 18.9. The van der Waals surface area contributed by atoms with E-state index in [-0.39, 0.29) is 53.3 Å². The Balaban J connectivity index is 1.30. The van der Waals surface area contributed by atoms with Gasteiger partial charge in [-0.1, -0.05) is 47.0 Å². The molecule has 3 atom stereocenters. The standard InChI is InChI=1S/C26H22Cl2N2O5/c1-14-8-9-18-19(10-14)25(33)30(24(18)32)16-4-2-5-17(12-16)35-26(34)15-11-22(31)29(13-15)21-7-3-6-20(27)23(21)28/h2-8,12,15,18-19H,9-11,13H2,1H3/t15-,18+,19-/m1/s1. The number of esters is 1. The number of ether oxygens (including phenoxy) is 1. The van der Waals surface area contributed by atoms with Gasteiger partial charge in [0.1, 0.15) is 5.75 Å². The molecule has 2 heterocycles. The van der Waals surface area contributed by atoms with Crippen molar-refractivity contribution in [2.75, 3.05) is 16.3 Å². The molecule has 5 rings (SSSR count). The van der Waals surface area contributed by atoms with Gasteiger partial charge in [0.15, 0.2) is 0 Å². The summed E-state index contributed by atoms with van der Waals surface area (Å²) < 4.78 is 5.55. The number of allylic oxidation sites excluding steroid dienone is 2. The van der Waals surface area contributed by atoms with E-state index in [0.29, 0.717) is 29.2 Å². The Hall–Kier alpha value is -3.16. The Kier molecular flexibility index (Phi) is 6.15. The largest absolute Gasteiger partial charge is 0.426 e. The zero-order chi connectivity index (χ0) is 24.9. The number of amides is 3. The first kappa shape index (κ1) is 23.6. The summed E-state index contributed by atoms with van der Waals surface area (Å²) in [6.45, 7) is 2.07. The van der Waals surface area contributed by atoms with Gasteiger partial charge in [0.2, 0.25) is 17.7 Å². The second-order valence-corrected chi connectivity index (χ2v) is 9.90. The van der Waals surface area contributed by atoms with Gasteiger partial charge in [-0.3, -0.25) is 19.2 Å². The molecule has 3 aliphatic rings. The van der Waals surface area contributed by atoms with Crippen LogP contribution in [0.1, 0.15) is 26.2 Å². The van der Waals surface area contributed by atoms with Crippen molar-refractivity contribution in [1.29, 1.82) is 0 Å². The molecule has 0 N–H and O–H groups in total. The minimum atomic E-state index is -0.701. The van der Waals surface area contributed by atoms with Gasteiger partial charge in [-0.25, -0.2) is 4.90 Å². The number of fused-ring (bicyclic) bond motifs is 1. The topological polar surface area (TPSA) is 84.0 Å². The summed E-state index contributed by atoms with van der Waals surface area (Å²) in [6, 6.07) is 11.3. The van der Waals surface area contributed by atoms with Crippen molar-refractivity contribution in [3.05, 3.63) is 64.2 Å². The molecule has 35 heavy (non-hydrogen) atoms. The molecule has 2 fully saturated rings. The van der Waals surface area contributed by atoms with Crippen LogP contribution in [0.15, 0.2) is 54.1 Å². The molecule has 0 unspecified atom stereocenters. The van der Waals surface area contributed by atoms with Crippen LogP contribution in [0.4, 0.5) is 11.4 Å². The molecule has 9 heteroatoms. The molecule has 0 radical (unpaired) electrons. The fourth-order valence-corrected chi connectivity index (χ4v) is 5.37. The minimum Gasteiger partial charge on any atom is -0.426 e. The number of benzene rings is 2. The highest BCUT2D eigenvalue weighted by Crippen LogP contribution is 2.40. The van der Waals surface area contributed by atoms with Crippen molar-refractivity contribution in [3.63, 3.8) is 0 Å². The first-order valence-electron chi connectivity index (χ1n) is 11.3. The predicted molar refractivity (Wildman–Crippen MR) is 131 cm³/mol. The van der Waals surface area contributed by atoms with Gasteiger partial charge in [0.25, 0.3) is 0 Å². The molecule has 0 spiro atoms. The van der Waals surface area contributed by atoms with Crippen LogP contribution in [-0.4, -0.2) is 30.2 Å². The number of hydrogen-bond donors (Lipinski definition) is 0. The van der Waals surface area contributed by atoms with Gasteiger partial charge in [0, 0.05) is 19.0 Å². The maximum absolute atomic E-state index is 13.0. The van der Waals surface area contributed by atoms with Gasteiger partial charge in [0.05, 0.1) is 39.2 Å². The van der Waals surface area contributed by atoms with Gasteiger partial charge < -0.3 is 9.64 Å². The molecule has 2 aromatic rings. The molecule has 2 aromatic carbocycles. The molecular weight excluding hydrogens is 491 g/mol. The van der Waals surface area contributed by atoms with Crippen molar-refractivity contribution in [1.82, 2.24) is 0 Å². The summed E-state index contributed by atoms with van der Waals surface area (Å²) in [4.78, 5) is 54.0. The number of imide groups is 1. The van der Waals surface area contributed by atoms with Crippen molar-refractivity contribution < 1.29 is 23.9 Å². The second-order valence-electron chi connectivity index (χ2n) is 9.11. The molecule has 1 aliphatic carbocycles. The first-order valence-corrected chi connectivity index (χ1v) is 12.1. The summed E-state index contributed by atoms with van der Waals surface area (Å²) in [5, 5.41) is 0.562. The van der Waals surface area contributed by atoms with E-state index in [9.17, 15) is 19.2 Å². The number of carbonyl (C=O) groups excluding carboxylic acids is 4. The molecule has 180 valence electrons. The van der Waals surface area contributed by atoms with E-state index in [4.69, 9.17) is 27.9 Å².